The summed E-state index contributed by atoms with van der Waals surface area (Å²) in [4.78, 5) is 37.3. The van der Waals surface area contributed by atoms with Crippen molar-refractivity contribution >= 4 is 45.3 Å². The van der Waals surface area contributed by atoms with Gasteiger partial charge in [0.2, 0.25) is 0 Å². The van der Waals surface area contributed by atoms with Gasteiger partial charge in [0.1, 0.15) is 0 Å². The standard InChI is InChI=1S/C22H24BrNO7S/c1-30-22(29)24(15-8-3-2-4-9-15)11-13-6-5-7-14(10-13)19-17(23)18(31-12-16(25)26)20(32-19)21(27)28/h5-7,10,15H,2-4,8-9,11-12H2,1H3,(H,25,26)(H,27,28). The SMILES string of the molecule is COC(=O)N(Cc1cccc(-c2sc(C(=O)O)c(OCC(=O)O)c2Br)c1)C1CCCCC1. The second kappa shape index (κ2) is 10.8. The largest absolute Gasteiger partial charge is 0.479 e. The molecule has 1 saturated carbocycles. The fraction of sp³-hybridized carbons (Fsp3) is 0.409. The second-order valence-electron chi connectivity index (χ2n) is 7.48. The molecule has 1 aliphatic rings. The molecule has 0 spiro atoms. The van der Waals surface area contributed by atoms with Crippen molar-refractivity contribution in [2.24, 2.45) is 0 Å². The van der Waals surface area contributed by atoms with Crippen molar-refractivity contribution < 1.29 is 34.1 Å². The summed E-state index contributed by atoms with van der Waals surface area (Å²) in [5.74, 6) is -2.41. The molecule has 1 fully saturated rings. The molecule has 0 saturated heterocycles. The van der Waals surface area contributed by atoms with Crippen LogP contribution in [0, 0.1) is 0 Å². The summed E-state index contributed by atoms with van der Waals surface area (Å²) in [7, 11) is 1.38. The molecule has 0 bridgehead atoms. The first-order chi connectivity index (χ1) is 15.3. The van der Waals surface area contributed by atoms with E-state index in [1.165, 1.54) is 13.5 Å². The molecule has 172 valence electrons. The number of halogens is 1. The summed E-state index contributed by atoms with van der Waals surface area (Å²) in [5, 5.41) is 18.4. The van der Waals surface area contributed by atoms with Gasteiger partial charge < -0.3 is 24.6 Å². The van der Waals surface area contributed by atoms with Crippen LogP contribution in [0.15, 0.2) is 28.7 Å². The Morgan fingerprint density at radius 3 is 2.53 bits per heavy atom. The molecule has 3 rings (SSSR count). The number of carbonyl (C=O) groups excluding carboxylic acids is 1. The smallest absolute Gasteiger partial charge is 0.410 e. The maximum atomic E-state index is 12.4. The van der Waals surface area contributed by atoms with Gasteiger partial charge in [0.05, 0.1) is 16.5 Å². The van der Waals surface area contributed by atoms with Gasteiger partial charge in [-0.2, -0.15) is 0 Å². The van der Waals surface area contributed by atoms with Crippen molar-refractivity contribution in [3.63, 3.8) is 0 Å². The van der Waals surface area contributed by atoms with E-state index in [-0.39, 0.29) is 22.8 Å². The molecule has 2 aromatic rings. The molecule has 8 nitrogen and oxygen atoms in total. The summed E-state index contributed by atoms with van der Waals surface area (Å²) in [5.41, 5.74) is 1.61. The number of methoxy groups -OCH3 is 1. The lowest BCUT2D eigenvalue weighted by molar-refractivity contribution is -0.139. The Morgan fingerprint density at radius 1 is 1.19 bits per heavy atom. The monoisotopic (exact) mass is 525 g/mol. The molecular weight excluding hydrogens is 502 g/mol. The summed E-state index contributed by atoms with van der Waals surface area (Å²) in [6.45, 7) is -0.271. The minimum Gasteiger partial charge on any atom is -0.479 e. The number of nitrogens with zero attached hydrogens (tertiary/aromatic N) is 1. The van der Waals surface area contributed by atoms with E-state index in [1.54, 1.807) is 4.90 Å². The van der Waals surface area contributed by atoms with Crippen LogP contribution in [0.25, 0.3) is 10.4 Å². The summed E-state index contributed by atoms with van der Waals surface area (Å²) in [6, 6.07) is 7.59. The number of aromatic carboxylic acids is 1. The maximum absolute atomic E-state index is 12.4. The number of thiophene rings is 1. The minimum absolute atomic E-state index is 0.0105. The van der Waals surface area contributed by atoms with E-state index in [4.69, 9.17) is 14.6 Å². The minimum atomic E-state index is -1.20. The first-order valence-corrected chi connectivity index (χ1v) is 11.8. The van der Waals surface area contributed by atoms with Crippen LogP contribution in [-0.4, -0.2) is 52.9 Å². The molecule has 1 aromatic carbocycles. The molecule has 1 amide bonds. The molecule has 2 N–H and O–H groups in total. The van der Waals surface area contributed by atoms with Gasteiger partial charge in [0.25, 0.3) is 0 Å². The number of ether oxygens (including phenoxy) is 2. The number of carbonyl (C=O) groups is 3. The van der Waals surface area contributed by atoms with Crippen LogP contribution >= 0.6 is 27.3 Å². The van der Waals surface area contributed by atoms with Crippen LogP contribution in [0.1, 0.15) is 47.3 Å². The quantitative estimate of drug-likeness (QED) is 0.484. The first kappa shape index (κ1) is 24.1. The van der Waals surface area contributed by atoms with Crippen LogP contribution in [0.3, 0.4) is 0 Å². The topological polar surface area (TPSA) is 113 Å². The van der Waals surface area contributed by atoms with E-state index in [1.807, 2.05) is 24.3 Å². The van der Waals surface area contributed by atoms with E-state index in [9.17, 15) is 19.5 Å². The summed E-state index contributed by atoms with van der Waals surface area (Å²) >= 11 is 4.37. The van der Waals surface area contributed by atoms with Crippen LogP contribution in [0.4, 0.5) is 4.79 Å². The second-order valence-corrected chi connectivity index (χ2v) is 9.29. The molecule has 1 aromatic heterocycles. The highest BCUT2D eigenvalue weighted by atomic mass is 79.9. The summed E-state index contributed by atoms with van der Waals surface area (Å²) < 4.78 is 10.6. The number of benzene rings is 1. The van der Waals surface area contributed by atoms with Crippen molar-refractivity contribution in [1.29, 1.82) is 0 Å². The van der Waals surface area contributed by atoms with Gasteiger partial charge in [-0.05, 0) is 46.0 Å². The third-order valence-corrected chi connectivity index (χ3v) is 7.54. The number of hydrogen-bond donors (Lipinski definition) is 2. The van der Waals surface area contributed by atoms with Gasteiger partial charge >= 0.3 is 18.0 Å². The fourth-order valence-corrected chi connectivity index (χ4v) is 5.73. The van der Waals surface area contributed by atoms with Crippen LogP contribution in [0.2, 0.25) is 0 Å². The van der Waals surface area contributed by atoms with Gasteiger partial charge in [0.15, 0.2) is 17.2 Å². The van der Waals surface area contributed by atoms with Gasteiger partial charge in [0, 0.05) is 12.6 Å². The third-order valence-electron chi connectivity index (χ3n) is 5.31. The maximum Gasteiger partial charge on any atom is 0.410 e. The Labute approximate surface area is 197 Å². The Hall–Kier alpha value is -2.59. The lowest BCUT2D eigenvalue weighted by Crippen LogP contribution is -2.40. The highest BCUT2D eigenvalue weighted by Crippen LogP contribution is 2.45. The molecule has 0 radical (unpaired) electrons. The van der Waals surface area contributed by atoms with E-state index < -0.39 is 18.5 Å². The zero-order chi connectivity index (χ0) is 23.3. The third kappa shape index (κ3) is 5.60. The normalized spacial score (nSPS) is 14.1. The number of amides is 1. The van der Waals surface area contributed by atoms with Crippen molar-refractivity contribution in [2.45, 2.75) is 44.7 Å². The Balaban J connectivity index is 1.91. The molecule has 32 heavy (non-hydrogen) atoms. The lowest BCUT2D eigenvalue weighted by atomic mass is 9.94. The molecule has 1 aliphatic carbocycles. The lowest BCUT2D eigenvalue weighted by Gasteiger charge is -2.33. The highest BCUT2D eigenvalue weighted by molar-refractivity contribution is 9.10. The zero-order valence-electron chi connectivity index (χ0n) is 17.5. The fourth-order valence-electron chi connectivity index (χ4n) is 3.85. The number of aliphatic carboxylic acids is 1. The molecule has 0 atom stereocenters. The number of hydrogen-bond acceptors (Lipinski definition) is 6. The van der Waals surface area contributed by atoms with E-state index in [0.29, 0.717) is 15.9 Å². The van der Waals surface area contributed by atoms with Gasteiger partial charge in [-0.15, -0.1) is 11.3 Å². The average Bonchev–Trinajstić information content (AvgIpc) is 3.12. The number of carboxylic acid groups (broad SMARTS) is 2. The van der Waals surface area contributed by atoms with Crippen molar-refractivity contribution in [3.05, 3.63) is 39.2 Å². The highest BCUT2D eigenvalue weighted by Gasteiger charge is 2.27. The summed E-state index contributed by atoms with van der Waals surface area (Å²) in [6.07, 6.45) is 4.85. The number of carboxylic acids is 2. The first-order valence-electron chi connectivity index (χ1n) is 10.2. The molecular formula is C22H24BrNO7S. The Bertz CT molecular complexity index is 1000. The van der Waals surface area contributed by atoms with E-state index in [0.717, 1.165) is 48.1 Å². The van der Waals surface area contributed by atoms with Crippen molar-refractivity contribution in [2.75, 3.05) is 13.7 Å². The van der Waals surface area contributed by atoms with Gasteiger partial charge in [-0.25, -0.2) is 14.4 Å². The van der Waals surface area contributed by atoms with Crippen LogP contribution in [0.5, 0.6) is 5.75 Å². The molecule has 0 aliphatic heterocycles. The predicted octanol–water partition coefficient (Wildman–Crippen LogP) is 5.24. The Morgan fingerprint density at radius 2 is 1.91 bits per heavy atom. The van der Waals surface area contributed by atoms with Crippen molar-refractivity contribution in [1.82, 2.24) is 4.90 Å². The van der Waals surface area contributed by atoms with Crippen molar-refractivity contribution in [3.8, 4) is 16.2 Å². The van der Waals surface area contributed by atoms with Gasteiger partial charge in [-0.1, -0.05) is 37.5 Å². The zero-order valence-corrected chi connectivity index (χ0v) is 19.9. The molecule has 0 unspecified atom stereocenters. The molecule has 1 heterocycles. The van der Waals surface area contributed by atoms with E-state index >= 15 is 0 Å². The van der Waals surface area contributed by atoms with E-state index in [2.05, 4.69) is 15.9 Å². The van der Waals surface area contributed by atoms with Crippen LogP contribution in [-0.2, 0) is 16.1 Å². The number of rotatable bonds is 8. The predicted molar refractivity (Wildman–Crippen MR) is 122 cm³/mol. The Kier molecular flexibility index (Phi) is 8.14. The average molecular weight is 526 g/mol. The van der Waals surface area contributed by atoms with Crippen LogP contribution < -0.4 is 4.74 Å². The van der Waals surface area contributed by atoms with Gasteiger partial charge in [-0.3, -0.25) is 0 Å². The molecule has 10 heteroatoms.